The molecule has 0 spiro atoms. The van der Waals surface area contributed by atoms with E-state index in [9.17, 15) is 18.0 Å². The number of benzene rings is 2. The predicted molar refractivity (Wildman–Crippen MR) is 101 cm³/mol. The van der Waals surface area contributed by atoms with Gasteiger partial charge in [0.15, 0.2) is 0 Å². The molecule has 3 rings (SSSR count). The number of hydrogen-bond acceptors (Lipinski definition) is 4. The maximum atomic E-state index is 14.5. The molecule has 0 aliphatic heterocycles. The molecule has 0 radical (unpaired) electrons. The first-order valence-corrected chi connectivity index (χ1v) is 8.70. The molecule has 8 heteroatoms. The van der Waals surface area contributed by atoms with Gasteiger partial charge in [0.05, 0.1) is 12.1 Å². The van der Waals surface area contributed by atoms with Gasteiger partial charge in [-0.15, -0.1) is 0 Å². The van der Waals surface area contributed by atoms with E-state index in [4.69, 9.17) is 10.6 Å². The average molecular weight is 401 g/mol. The first kappa shape index (κ1) is 20.3. The van der Waals surface area contributed by atoms with Gasteiger partial charge in [0.25, 0.3) is 0 Å². The highest BCUT2D eigenvalue weighted by Crippen LogP contribution is 2.26. The van der Waals surface area contributed by atoms with Gasteiger partial charge in [0.2, 0.25) is 11.8 Å². The minimum Gasteiger partial charge on any atom is -0.473 e. The second kappa shape index (κ2) is 8.74. The molecule has 5 nitrogen and oxygen atoms in total. The van der Waals surface area contributed by atoms with Crippen LogP contribution in [0.25, 0.3) is 11.3 Å². The lowest BCUT2D eigenvalue weighted by atomic mass is 10.0. The van der Waals surface area contributed by atoms with Crippen LogP contribution in [0.5, 0.6) is 5.88 Å². The largest absolute Gasteiger partial charge is 0.473 e. The Morgan fingerprint density at radius 1 is 1.03 bits per heavy atom. The SMILES string of the molecule is Cc1ccc(COc2cccc(-c3cc(F)c(CC(=O)NN)cc3F)n2)c(F)c1. The number of rotatable bonds is 6. The van der Waals surface area contributed by atoms with Crippen molar-refractivity contribution in [3.05, 3.63) is 82.7 Å². The third-order valence-corrected chi connectivity index (χ3v) is 4.23. The maximum absolute atomic E-state index is 14.5. The molecule has 0 bridgehead atoms. The van der Waals surface area contributed by atoms with Crippen LogP contribution >= 0.6 is 0 Å². The molecule has 0 unspecified atom stereocenters. The third-order valence-electron chi connectivity index (χ3n) is 4.23. The van der Waals surface area contributed by atoms with Crippen molar-refractivity contribution in [1.29, 1.82) is 0 Å². The van der Waals surface area contributed by atoms with Crippen LogP contribution in [-0.2, 0) is 17.8 Å². The molecule has 0 saturated carbocycles. The molecule has 0 saturated heterocycles. The average Bonchev–Trinajstić information content (AvgIpc) is 2.70. The summed E-state index contributed by atoms with van der Waals surface area (Å²) >= 11 is 0. The summed E-state index contributed by atoms with van der Waals surface area (Å²) in [4.78, 5) is 15.5. The van der Waals surface area contributed by atoms with Gasteiger partial charge in [-0.1, -0.05) is 18.2 Å². The van der Waals surface area contributed by atoms with Gasteiger partial charge >= 0.3 is 0 Å². The van der Waals surface area contributed by atoms with E-state index in [2.05, 4.69) is 4.98 Å². The van der Waals surface area contributed by atoms with E-state index in [1.54, 1.807) is 25.1 Å². The summed E-state index contributed by atoms with van der Waals surface area (Å²) in [7, 11) is 0. The molecule has 0 atom stereocenters. The zero-order valence-electron chi connectivity index (χ0n) is 15.5. The summed E-state index contributed by atoms with van der Waals surface area (Å²) in [6.45, 7) is 1.71. The molecule has 0 aliphatic rings. The summed E-state index contributed by atoms with van der Waals surface area (Å²) in [5.74, 6) is 2.55. The van der Waals surface area contributed by atoms with Crippen molar-refractivity contribution in [2.45, 2.75) is 20.0 Å². The Morgan fingerprint density at radius 2 is 1.79 bits per heavy atom. The van der Waals surface area contributed by atoms with E-state index in [1.165, 1.54) is 18.2 Å². The van der Waals surface area contributed by atoms with E-state index >= 15 is 0 Å². The van der Waals surface area contributed by atoms with Crippen LogP contribution in [0.15, 0.2) is 48.5 Å². The van der Waals surface area contributed by atoms with E-state index in [0.29, 0.717) is 5.56 Å². The number of aryl methyl sites for hydroxylation is 1. The lowest BCUT2D eigenvalue weighted by Gasteiger charge is -2.10. The zero-order chi connectivity index (χ0) is 21.0. The third kappa shape index (κ3) is 4.91. The quantitative estimate of drug-likeness (QED) is 0.376. The Labute approximate surface area is 165 Å². The number of nitrogens with zero attached hydrogens (tertiary/aromatic N) is 1. The molecule has 150 valence electrons. The molecule has 3 N–H and O–H groups in total. The molecule has 0 aliphatic carbocycles. The number of ether oxygens (including phenoxy) is 1. The number of hydrogen-bond donors (Lipinski definition) is 2. The van der Waals surface area contributed by atoms with E-state index in [1.807, 2.05) is 5.43 Å². The second-order valence-electron chi connectivity index (χ2n) is 6.41. The van der Waals surface area contributed by atoms with E-state index < -0.39 is 29.8 Å². The van der Waals surface area contributed by atoms with Crippen molar-refractivity contribution in [3.8, 4) is 17.1 Å². The summed E-state index contributed by atoms with van der Waals surface area (Å²) in [6.07, 6.45) is -0.391. The van der Waals surface area contributed by atoms with E-state index in [-0.39, 0.29) is 29.3 Å². The number of carbonyl (C=O) groups is 1. The van der Waals surface area contributed by atoms with Gasteiger partial charge in [-0.2, -0.15) is 0 Å². The number of amides is 1. The molecule has 3 aromatic rings. The van der Waals surface area contributed by atoms with Crippen LogP contribution < -0.4 is 16.0 Å². The number of nitrogens with two attached hydrogens (primary N) is 1. The fourth-order valence-corrected chi connectivity index (χ4v) is 2.71. The normalized spacial score (nSPS) is 10.7. The van der Waals surface area contributed by atoms with Crippen LogP contribution in [0.4, 0.5) is 13.2 Å². The number of hydrazine groups is 1. The highest BCUT2D eigenvalue weighted by molar-refractivity contribution is 5.78. The van der Waals surface area contributed by atoms with Gasteiger partial charge in [-0.3, -0.25) is 10.2 Å². The first-order valence-electron chi connectivity index (χ1n) is 8.70. The van der Waals surface area contributed by atoms with Crippen molar-refractivity contribution < 1.29 is 22.7 Å². The highest BCUT2D eigenvalue weighted by atomic mass is 19.1. The fourth-order valence-electron chi connectivity index (χ4n) is 2.71. The molecule has 0 fully saturated rings. The standard InChI is InChI=1S/C21H18F3N3O2/c1-12-5-6-13(16(22)7-12)11-29-21-4-2-3-19(26-21)15-10-17(23)14(8-18(15)24)9-20(28)27-25/h2-8,10H,9,11,25H2,1H3,(H,27,28). The fraction of sp³-hybridized carbons (Fsp3) is 0.143. The van der Waals surface area contributed by atoms with Gasteiger partial charge in [0, 0.05) is 22.8 Å². The monoisotopic (exact) mass is 401 g/mol. The van der Waals surface area contributed by atoms with Crippen molar-refractivity contribution in [2.75, 3.05) is 0 Å². The second-order valence-corrected chi connectivity index (χ2v) is 6.41. The highest BCUT2D eigenvalue weighted by Gasteiger charge is 2.15. The van der Waals surface area contributed by atoms with Crippen LogP contribution in [0.2, 0.25) is 0 Å². The molecule has 1 heterocycles. The van der Waals surface area contributed by atoms with Gasteiger partial charge in [-0.25, -0.2) is 24.0 Å². The van der Waals surface area contributed by atoms with Crippen LogP contribution in [0.3, 0.4) is 0 Å². The van der Waals surface area contributed by atoms with Crippen molar-refractivity contribution in [1.82, 2.24) is 10.4 Å². The molecular formula is C21H18F3N3O2. The van der Waals surface area contributed by atoms with E-state index in [0.717, 1.165) is 17.7 Å². The number of aromatic nitrogens is 1. The summed E-state index contributed by atoms with van der Waals surface area (Å²) in [5, 5.41) is 0. The summed E-state index contributed by atoms with van der Waals surface area (Å²) < 4.78 is 48.2. The Morgan fingerprint density at radius 3 is 2.52 bits per heavy atom. The minimum absolute atomic E-state index is 0.0629. The number of halogens is 3. The lowest BCUT2D eigenvalue weighted by molar-refractivity contribution is -0.120. The van der Waals surface area contributed by atoms with Gasteiger partial charge in [-0.05, 0) is 36.8 Å². The molecule has 2 aromatic carbocycles. The summed E-state index contributed by atoms with van der Waals surface area (Å²) in [5.41, 5.74) is 2.92. The van der Waals surface area contributed by atoms with Gasteiger partial charge in [0.1, 0.15) is 24.1 Å². The number of pyridine rings is 1. The smallest absolute Gasteiger partial charge is 0.238 e. The topological polar surface area (TPSA) is 77.2 Å². The van der Waals surface area contributed by atoms with Crippen molar-refractivity contribution >= 4 is 5.91 Å². The zero-order valence-corrected chi connectivity index (χ0v) is 15.5. The number of carbonyl (C=O) groups excluding carboxylic acids is 1. The lowest BCUT2D eigenvalue weighted by Crippen LogP contribution is -2.31. The van der Waals surface area contributed by atoms with Crippen LogP contribution in [0.1, 0.15) is 16.7 Å². The predicted octanol–water partition coefficient (Wildman–Crippen LogP) is 3.59. The Hall–Kier alpha value is -3.39. The maximum Gasteiger partial charge on any atom is 0.238 e. The Kier molecular flexibility index (Phi) is 6.13. The number of nitrogens with one attached hydrogen (secondary N) is 1. The Balaban J connectivity index is 1.81. The first-order chi connectivity index (χ1) is 13.9. The van der Waals surface area contributed by atoms with Crippen LogP contribution in [0, 0.1) is 24.4 Å². The van der Waals surface area contributed by atoms with Crippen molar-refractivity contribution in [3.63, 3.8) is 0 Å². The van der Waals surface area contributed by atoms with Crippen molar-refractivity contribution in [2.24, 2.45) is 5.84 Å². The van der Waals surface area contributed by atoms with Crippen LogP contribution in [-0.4, -0.2) is 10.9 Å². The molecular weight excluding hydrogens is 383 g/mol. The molecule has 1 amide bonds. The molecule has 1 aromatic heterocycles. The molecule has 29 heavy (non-hydrogen) atoms. The Bertz CT molecular complexity index is 1060. The minimum atomic E-state index is -0.764. The summed E-state index contributed by atoms with van der Waals surface area (Å²) in [6, 6.07) is 11.2. The van der Waals surface area contributed by atoms with Gasteiger partial charge < -0.3 is 4.74 Å².